The molecule has 7 nitrogen and oxygen atoms in total. The van der Waals surface area contributed by atoms with E-state index in [1.165, 1.54) is 45.4 Å². The molecule has 0 aromatic heterocycles. The maximum atomic E-state index is 12.0. The van der Waals surface area contributed by atoms with Gasteiger partial charge in [0.1, 0.15) is 0 Å². The molecule has 20 heavy (non-hydrogen) atoms. The molecule has 1 amide bonds. The first kappa shape index (κ1) is 16.6. The molecular weight excluding hydrogens is 284 g/mol. The smallest absolute Gasteiger partial charge is 0.240 e. The fourth-order valence-corrected chi connectivity index (χ4v) is 2.46. The molecule has 0 aliphatic carbocycles. The van der Waals surface area contributed by atoms with Gasteiger partial charge < -0.3 is 14.8 Å². The van der Waals surface area contributed by atoms with Crippen LogP contribution in [0.15, 0.2) is 29.2 Å². The highest BCUT2D eigenvalue weighted by Gasteiger charge is 2.16. The second-order valence-electron chi connectivity index (χ2n) is 3.96. The molecule has 0 spiro atoms. The first-order valence-corrected chi connectivity index (χ1v) is 7.30. The van der Waals surface area contributed by atoms with Crippen molar-refractivity contribution in [2.45, 2.75) is 18.1 Å². The average Bonchev–Trinajstić information content (AvgIpc) is 2.39. The van der Waals surface area contributed by atoms with E-state index in [-0.39, 0.29) is 17.3 Å². The number of anilines is 1. The molecule has 1 aromatic carbocycles. The Morgan fingerprint density at radius 1 is 1.20 bits per heavy atom. The lowest BCUT2D eigenvalue weighted by Crippen LogP contribution is -2.34. The third-order valence-electron chi connectivity index (χ3n) is 2.45. The van der Waals surface area contributed by atoms with E-state index in [9.17, 15) is 13.2 Å². The van der Waals surface area contributed by atoms with Gasteiger partial charge in [-0.15, -0.1) is 0 Å². The molecule has 0 heterocycles. The Kier molecular flexibility index (Phi) is 6.08. The van der Waals surface area contributed by atoms with Crippen molar-refractivity contribution in [3.63, 3.8) is 0 Å². The van der Waals surface area contributed by atoms with Crippen LogP contribution < -0.4 is 10.0 Å². The first-order chi connectivity index (χ1) is 9.39. The number of methoxy groups -OCH3 is 2. The highest BCUT2D eigenvalue weighted by atomic mass is 32.2. The highest BCUT2D eigenvalue weighted by Crippen LogP contribution is 2.14. The number of carbonyl (C=O) groups excluding carboxylic acids is 1. The number of rotatable bonds is 7. The second kappa shape index (κ2) is 7.34. The SMILES string of the molecule is COC(CNS(=O)(=O)c1ccc(NC(C)=O)cc1)OC. The minimum atomic E-state index is -3.64. The third kappa shape index (κ3) is 4.89. The normalized spacial score (nSPS) is 11.6. The Balaban J connectivity index is 2.75. The number of nitrogens with one attached hydrogen (secondary N) is 2. The van der Waals surface area contributed by atoms with E-state index >= 15 is 0 Å². The van der Waals surface area contributed by atoms with Gasteiger partial charge in [-0.05, 0) is 24.3 Å². The minimum absolute atomic E-state index is 0.00276. The van der Waals surface area contributed by atoms with Crippen molar-refractivity contribution in [2.24, 2.45) is 0 Å². The summed E-state index contributed by atoms with van der Waals surface area (Å²) in [6, 6.07) is 5.84. The van der Waals surface area contributed by atoms with Gasteiger partial charge in [-0.1, -0.05) is 0 Å². The summed E-state index contributed by atoms with van der Waals surface area (Å²) in [7, 11) is -0.801. The van der Waals surface area contributed by atoms with Gasteiger partial charge in [0.05, 0.1) is 11.4 Å². The molecule has 0 radical (unpaired) electrons. The van der Waals surface area contributed by atoms with Crippen molar-refractivity contribution < 1.29 is 22.7 Å². The molecule has 1 rings (SSSR count). The first-order valence-electron chi connectivity index (χ1n) is 5.82. The molecule has 0 unspecified atom stereocenters. The van der Waals surface area contributed by atoms with E-state index in [1.54, 1.807) is 0 Å². The molecule has 8 heteroatoms. The fourth-order valence-electron chi connectivity index (χ4n) is 1.44. The Bertz CT molecular complexity index is 537. The van der Waals surface area contributed by atoms with Crippen LogP contribution in [0.1, 0.15) is 6.92 Å². The predicted molar refractivity (Wildman–Crippen MR) is 73.7 cm³/mol. The molecule has 0 aliphatic rings. The van der Waals surface area contributed by atoms with Crippen LogP contribution in [0.2, 0.25) is 0 Å². The summed E-state index contributed by atoms with van der Waals surface area (Å²) in [4.78, 5) is 11.0. The minimum Gasteiger partial charge on any atom is -0.355 e. The number of ether oxygens (including phenoxy) is 2. The summed E-state index contributed by atoms with van der Waals surface area (Å²) >= 11 is 0. The van der Waals surface area contributed by atoms with E-state index in [0.29, 0.717) is 5.69 Å². The molecular formula is C12H18N2O5S. The lowest BCUT2D eigenvalue weighted by molar-refractivity contribution is -0.114. The van der Waals surface area contributed by atoms with Crippen LogP contribution in [0, 0.1) is 0 Å². The molecule has 112 valence electrons. The van der Waals surface area contributed by atoms with Gasteiger partial charge in [-0.2, -0.15) is 0 Å². The molecule has 0 bridgehead atoms. The Labute approximate surface area is 118 Å². The van der Waals surface area contributed by atoms with Crippen LogP contribution in [-0.4, -0.2) is 41.4 Å². The number of benzene rings is 1. The summed E-state index contributed by atoms with van der Waals surface area (Å²) in [6.45, 7) is 1.38. The predicted octanol–water partition coefficient (Wildman–Crippen LogP) is 0.542. The zero-order chi connectivity index (χ0) is 15.2. The number of amides is 1. The van der Waals surface area contributed by atoms with Crippen molar-refractivity contribution in [2.75, 3.05) is 26.1 Å². The zero-order valence-electron chi connectivity index (χ0n) is 11.5. The zero-order valence-corrected chi connectivity index (χ0v) is 12.4. The largest absolute Gasteiger partial charge is 0.355 e. The number of sulfonamides is 1. The van der Waals surface area contributed by atoms with Crippen LogP contribution in [0.25, 0.3) is 0 Å². The summed E-state index contributed by atoms with van der Waals surface area (Å²) in [5, 5.41) is 2.56. The lowest BCUT2D eigenvalue weighted by atomic mass is 10.3. The van der Waals surface area contributed by atoms with Crippen LogP contribution in [-0.2, 0) is 24.3 Å². The maximum absolute atomic E-state index is 12.0. The van der Waals surface area contributed by atoms with Crippen molar-refractivity contribution in [3.8, 4) is 0 Å². The monoisotopic (exact) mass is 302 g/mol. The molecule has 0 atom stereocenters. The van der Waals surface area contributed by atoms with Crippen LogP contribution >= 0.6 is 0 Å². The maximum Gasteiger partial charge on any atom is 0.240 e. The van der Waals surface area contributed by atoms with Crippen molar-refractivity contribution >= 4 is 21.6 Å². The lowest BCUT2D eigenvalue weighted by Gasteiger charge is -2.14. The van der Waals surface area contributed by atoms with E-state index < -0.39 is 16.3 Å². The van der Waals surface area contributed by atoms with Crippen LogP contribution in [0.3, 0.4) is 0 Å². The fraction of sp³-hybridized carbons (Fsp3) is 0.417. The average molecular weight is 302 g/mol. The Morgan fingerprint density at radius 2 is 1.75 bits per heavy atom. The van der Waals surface area contributed by atoms with Gasteiger partial charge in [0.25, 0.3) is 0 Å². The molecule has 0 saturated heterocycles. The Hall–Kier alpha value is -1.48. The molecule has 2 N–H and O–H groups in total. The van der Waals surface area contributed by atoms with Gasteiger partial charge in [-0.3, -0.25) is 4.79 Å². The van der Waals surface area contributed by atoms with Gasteiger partial charge in [0.2, 0.25) is 15.9 Å². The van der Waals surface area contributed by atoms with E-state index in [4.69, 9.17) is 9.47 Å². The standard InChI is InChI=1S/C12H18N2O5S/c1-9(15)14-10-4-6-11(7-5-10)20(16,17)13-8-12(18-2)19-3/h4-7,12-13H,8H2,1-3H3,(H,14,15). The van der Waals surface area contributed by atoms with Gasteiger partial charge in [0, 0.05) is 26.8 Å². The molecule has 0 fully saturated rings. The van der Waals surface area contributed by atoms with Crippen LogP contribution in [0.5, 0.6) is 0 Å². The van der Waals surface area contributed by atoms with Gasteiger partial charge in [0.15, 0.2) is 6.29 Å². The number of hydrogen-bond acceptors (Lipinski definition) is 5. The van der Waals surface area contributed by atoms with Gasteiger partial charge in [-0.25, -0.2) is 13.1 Å². The molecule has 0 aliphatic heterocycles. The van der Waals surface area contributed by atoms with Crippen LogP contribution in [0.4, 0.5) is 5.69 Å². The second-order valence-corrected chi connectivity index (χ2v) is 5.73. The van der Waals surface area contributed by atoms with E-state index in [0.717, 1.165) is 0 Å². The summed E-state index contributed by atoms with van der Waals surface area (Å²) in [6.07, 6.45) is -0.650. The number of carbonyl (C=O) groups is 1. The van der Waals surface area contributed by atoms with E-state index in [2.05, 4.69) is 10.0 Å². The summed E-state index contributed by atoms with van der Waals surface area (Å²) < 4.78 is 36.2. The van der Waals surface area contributed by atoms with Crippen molar-refractivity contribution in [1.29, 1.82) is 0 Å². The molecule has 0 saturated carbocycles. The topological polar surface area (TPSA) is 93.7 Å². The number of hydrogen-bond donors (Lipinski definition) is 2. The van der Waals surface area contributed by atoms with E-state index in [1.807, 2.05) is 0 Å². The molecule has 1 aromatic rings. The van der Waals surface area contributed by atoms with Gasteiger partial charge >= 0.3 is 0 Å². The summed E-state index contributed by atoms with van der Waals surface area (Å²) in [5.41, 5.74) is 0.531. The van der Waals surface area contributed by atoms with Crippen molar-refractivity contribution in [3.05, 3.63) is 24.3 Å². The summed E-state index contributed by atoms with van der Waals surface area (Å²) in [5.74, 6) is -0.221. The Morgan fingerprint density at radius 3 is 2.20 bits per heavy atom. The quantitative estimate of drug-likeness (QED) is 0.717. The third-order valence-corrected chi connectivity index (χ3v) is 3.89. The highest BCUT2D eigenvalue weighted by molar-refractivity contribution is 7.89. The van der Waals surface area contributed by atoms with Crippen molar-refractivity contribution in [1.82, 2.24) is 4.72 Å².